The smallest absolute Gasteiger partial charge is 0.258 e. The van der Waals surface area contributed by atoms with E-state index in [4.69, 9.17) is 27.9 Å². The number of methoxy groups -OCH3 is 1. The van der Waals surface area contributed by atoms with Crippen LogP contribution < -0.4 is 14.4 Å². The SMILES string of the molecule is COc1ccc(CCCCN(c2ccc(F)c(NC(=O)c3csc4c(Cl)ncnc34)c2Cl)S(=O)[O-])cc1. The summed E-state index contributed by atoms with van der Waals surface area (Å²) in [6.07, 6.45) is 3.19. The van der Waals surface area contributed by atoms with E-state index in [1.807, 2.05) is 24.3 Å². The molecule has 1 amide bonds. The highest BCUT2D eigenvalue weighted by molar-refractivity contribution is 7.80. The third kappa shape index (κ3) is 6.19. The standard InChI is InChI=1S/C24H21Cl2FN4O4S2/c1-35-15-7-5-14(6-8-15)4-2-3-11-31(37(33)34)18-10-9-17(27)21(19(18)25)30-24(32)16-12-36-22-20(16)28-13-29-23(22)26/h5-10,12-13H,2-4,11H2,1H3,(H,30,32)(H,33,34)/p-1. The molecule has 2 aromatic heterocycles. The molecule has 194 valence electrons. The van der Waals surface area contributed by atoms with E-state index in [-0.39, 0.29) is 33.7 Å². The van der Waals surface area contributed by atoms with Crippen LogP contribution in [0.5, 0.6) is 5.75 Å². The summed E-state index contributed by atoms with van der Waals surface area (Å²) >= 11 is 11.0. The molecule has 0 saturated heterocycles. The molecule has 1 N–H and O–H groups in total. The van der Waals surface area contributed by atoms with Gasteiger partial charge in [0.15, 0.2) is 0 Å². The van der Waals surface area contributed by atoms with Gasteiger partial charge in [-0.3, -0.25) is 9.00 Å². The number of nitrogens with zero attached hydrogens (tertiary/aromatic N) is 3. The predicted octanol–water partition coefficient (Wildman–Crippen LogP) is 6.02. The summed E-state index contributed by atoms with van der Waals surface area (Å²) in [5, 5.41) is 3.93. The molecular formula is C24H20Cl2FN4O4S2-. The summed E-state index contributed by atoms with van der Waals surface area (Å²) in [6, 6.07) is 9.94. The van der Waals surface area contributed by atoms with Gasteiger partial charge < -0.3 is 18.9 Å². The fourth-order valence-corrected chi connectivity index (χ4v) is 5.75. The lowest BCUT2D eigenvalue weighted by atomic mass is 10.1. The Balaban J connectivity index is 1.49. The van der Waals surface area contributed by atoms with E-state index in [2.05, 4.69) is 15.3 Å². The Bertz CT molecular complexity index is 1450. The summed E-state index contributed by atoms with van der Waals surface area (Å²) in [6.45, 7) is 0.121. The lowest BCUT2D eigenvalue weighted by molar-refractivity contribution is 0.102. The third-order valence-electron chi connectivity index (χ3n) is 5.55. The Labute approximate surface area is 228 Å². The number of unbranched alkanes of at least 4 members (excludes halogenated alkanes) is 1. The molecule has 0 bridgehead atoms. The molecule has 4 rings (SSSR count). The monoisotopic (exact) mass is 581 g/mol. The maximum Gasteiger partial charge on any atom is 0.258 e. The molecule has 1 unspecified atom stereocenters. The number of amides is 1. The average molecular weight is 582 g/mol. The minimum absolute atomic E-state index is 0.0525. The molecule has 2 aromatic carbocycles. The zero-order valence-corrected chi connectivity index (χ0v) is 22.5. The van der Waals surface area contributed by atoms with E-state index in [1.54, 1.807) is 7.11 Å². The van der Waals surface area contributed by atoms with Crippen LogP contribution in [0.4, 0.5) is 15.8 Å². The number of carbonyl (C=O) groups is 1. The number of hydrogen-bond donors (Lipinski definition) is 1. The summed E-state index contributed by atoms with van der Waals surface area (Å²) in [7, 11) is 1.60. The molecule has 8 nitrogen and oxygen atoms in total. The van der Waals surface area contributed by atoms with Crippen LogP contribution in [0, 0.1) is 5.82 Å². The number of thiophene rings is 1. The van der Waals surface area contributed by atoms with Gasteiger partial charge in [0.2, 0.25) is 0 Å². The molecule has 13 heteroatoms. The van der Waals surface area contributed by atoms with Gasteiger partial charge in [-0.05, 0) is 49.1 Å². The highest BCUT2D eigenvalue weighted by Gasteiger charge is 2.22. The van der Waals surface area contributed by atoms with Crippen LogP contribution in [0.25, 0.3) is 10.2 Å². The van der Waals surface area contributed by atoms with Crippen LogP contribution in [0.2, 0.25) is 10.2 Å². The number of ether oxygens (including phenoxy) is 1. The van der Waals surface area contributed by atoms with Crippen LogP contribution in [-0.2, 0) is 17.7 Å². The fourth-order valence-electron chi connectivity index (χ4n) is 3.66. The number of carbonyl (C=O) groups excluding carboxylic acids is 1. The molecule has 0 aliphatic carbocycles. The zero-order valence-electron chi connectivity index (χ0n) is 19.4. The fraction of sp³-hybridized carbons (Fsp3) is 0.208. The minimum atomic E-state index is -2.68. The molecule has 0 fully saturated rings. The van der Waals surface area contributed by atoms with E-state index in [1.165, 1.54) is 29.1 Å². The van der Waals surface area contributed by atoms with Crippen LogP contribution >= 0.6 is 34.5 Å². The second-order valence-corrected chi connectivity index (χ2v) is 10.3. The van der Waals surface area contributed by atoms with Crippen molar-refractivity contribution in [3.63, 3.8) is 0 Å². The molecule has 0 aliphatic rings. The molecule has 4 aromatic rings. The number of nitrogens with one attached hydrogen (secondary N) is 1. The van der Waals surface area contributed by atoms with Gasteiger partial charge >= 0.3 is 0 Å². The second kappa shape index (κ2) is 12.1. The zero-order chi connectivity index (χ0) is 26.5. The van der Waals surface area contributed by atoms with Gasteiger partial charge in [0.25, 0.3) is 5.91 Å². The third-order valence-corrected chi connectivity index (χ3v) is 8.04. The number of aryl methyl sites for hydroxylation is 1. The van der Waals surface area contributed by atoms with Gasteiger partial charge in [-0.2, -0.15) is 0 Å². The van der Waals surface area contributed by atoms with Gasteiger partial charge in [-0.1, -0.05) is 35.3 Å². The summed E-state index contributed by atoms with van der Waals surface area (Å²) in [5.74, 6) is -0.728. The van der Waals surface area contributed by atoms with Gasteiger partial charge in [0.1, 0.15) is 23.0 Å². The first-order valence-corrected chi connectivity index (χ1v) is 13.6. The van der Waals surface area contributed by atoms with Crippen molar-refractivity contribution in [2.24, 2.45) is 0 Å². The van der Waals surface area contributed by atoms with Crippen LogP contribution in [-0.4, -0.2) is 38.3 Å². The lowest BCUT2D eigenvalue weighted by Crippen LogP contribution is -2.27. The van der Waals surface area contributed by atoms with Crippen molar-refractivity contribution in [1.29, 1.82) is 0 Å². The first kappa shape index (κ1) is 27.2. The largest absolute Gasteiger partial charge is 0.755 e. The average Bonchev–Trinajstić information content (AvgIpc) is 3.33. The van der Waals surface area contributed by atoms with Crippen LogP contribution in [0.1, 0.15) is 28.8 Å². The van der Waals surface area contributed by atoms with Crippen molar-refractivity contribution in [1.82, 2.24) is 9.97 Å². The Morgan fingerprint density at radius 2 is 1.95 bits per heavy atom. The van der Waals surface area contributed by atoms with E-state index in [0.29, 0.717) is 23.1 Å². The van der Waals surface area contributed by atoms with Crippen molar-refractivity contribution in [3.8, 4) is 5.75 Å². The van der Waals surface area contributed by atoms with Crippen molar-refractivity contribution < 1.29 is 22.7 Å². The van der Waals surface area contributed by atoms with E-state index >= 15 is 0 Å². The number of halogens is 3. The van der Waals surface area contributed by atoms with E-state index < -0.39 is 23.0 Å². The quantitative estimate of drug-likeness (QED) is 0.139. The number of anilines is 2. The topological polar surface area (TPSA) is 107 Å². The van der Waals surface area contributed by atoms with Crippen molar-refractivity contribution in [3.05, 3.63) is 75.2 Å². The molecule has 37 heavy (non-hydrogen) atoms. The van der Waals surface area contributed by atoms with Gasteiger partial charge in [-0.25, -0.2) is 14.4 Å². The molecule has 2 heterocycles. The number of aromatic nitrogens is 2. The molecule has 0 saturated carbocycles. The Hall–Kier alpha value is -2.83. The number of fused-ring (bicyclic) bond motifs is 1. The number of hydrogen-bond acceptors (Lipinski definition) is 7. The molecule has 0 aliphatic heterocycles. The van der Waals surface area contributed by atoms with Crippen molar-refractivity contribution >= 4 is 73.3 Å². The number of rotatable bonds is 10. The molecule has 0 spiro atoms. The normalized spacial score (nSPS) is 11.9. The minimum Gasteiger partial charge on any atom is -0.755 e. The van der Waals surface area contributed by atoms with Gasteiger partial charge in [-0.15, -0.1) is 11.3 Å². The van der Waals surface area contributed by atoms with Crippen LogP contribution in [0.15, 0.2) is 48.1 Å². The van der Waals surface area contributed by atoms with E-state index in [9.17, 15) is 17.9 Å². The summed E-state index contributed by atoms with van der Waals surface area (Å²) < 4.78 is 45.4. The van der Waals surface area contributed by atoms with Crippen molar-refractivity contribution in [2.45, 2.75) is 19.3 Å². The maximum atomic E-state index is 14.7. The van der Waals surface area contributed by atoms with E-state index in [0.717, 1.165) is 28.1 Å². The summed E-state index contributed by atoms with van der Waals surface area (Å²) in [5.41, 5.74) is 1.28. The Morgan fingerprint density at radius 1 is 1.19 bits per heavy atom. The second-order valence-electron chi connectivity index (χ2n) is 7.83. The first-order valence-electron chi connectivity index (χ1n) is 11.0. The highest BCUT2D eigenvalue weighted by atomic mass is 35.5. The first-order chi connectivity index (χ1) is 17.8. The maximum absolute atomic E-state index is 14.7. The van der Waals surface area contributed by atoms with Crippen LogP contribution in [0.3, 0.4) is 0 Å². The summed E-state index contributed by atoms with van der Waals surface area (Å²) in [4.78, 5) is 20.9. The van der Waals surface area contributed by atoms with Crippen molar-refractivity contribution in [2.75, 3.05) is 23.3 Å². The molecular weight excluding hydrogens is 562 g/mol. The number of benzene rings is 2. The molecule has 0 radical (unpaired) electrons. The lowest BCUT2D eigenvalue weighted by Gasteiger charge is -2.28. The Kier molecular flexibility index (Phi) is 8.93. The van der Waals surface area contributed by atoms with Gasteiger partial charge in [0.05, 0.1) is 39.3 Å². The predicted molar refractivity (Wildman–Crippen MR) is 144 cm³/mol. The Morgan fingerprint density at radius 3 is 2.65 bits per heavy atom. The van der Waals surface area contributed by atoms with Gasteiger partial charge in [0, 0.05) is 23.2 Å². The highest BCUT2D eigenvalue weighted by Crippen LogP contribution is 2.37. The molecule has 1 atom stereocenters.